The van der Waals surface area contributed by atoms with Gasteiger partial charge in [0, 0.05) is 17.1 Å². The Morgan fingerprint density at radius 2 is 1.87 bits per heavy atom. The Morgan fingerprint density at radius 3 is 2.68 bits per heavy atom. The molecule has 0 spiro atoms. The summed E-state index contributed by atoms with van der Waals surface area (Å²) in [7, 11) is 0. The third-order valence-corrected chi connectivity index (χ3v) is 6.68. The van der Waals surface area contributed by atoms with Gasteiger partial charge in [-0.1, -0.05) is 64.3 Å². The van der Waals surface area contributed by atoms with E-state index in [2.05, 4.69) is 20.8 Å². The van der Waals surface area contributed by atoms with Crippen molar-refractivity contribution in [3.8, 4) is 10.6 Å². The Kier molecular flexibility index (Phi) is 6.62. The number of carbonyl (C=O) groups excluding carboxylic acids is 2. The molecule has 0 bridgehead atoms. The molecule has 0 saturated carbocycles. The highest BCUT2D eigenvalue weighted by Gasteiger charge is 2.35. The Balaban J connectivity index is 1.43. The third-order valence-electron chi connectivity index (χ3n) is 4.74. The van der Waals surface area contributed by atoms with Crippen LogP contribution >= 0.6 is 46.1 Å². The molecule has 0 aliphatic carbocycles. The Labute approximate surface area is 197 Å². The molecule has 2 aromatic carbocycles. The molecular formula is C20H16Cl3N5O2S. The lowest BCUT2D eigenvalue weighted by Crippen LogP contribution is -2.45. The predicted octanol–water partition coefficient (Wildman–Crippen LogP) is 5.80. The molecule has 160 valence electrons. The summed E-state index contributed by atoms with van der Waals surface area (Å²) < 4.78 is 0. The zero-order valence-electron chi connectivity index (χ0n) is 15.9. The van der Waals surface area contributed by atoms with Crippen molar-refractivity contribution >= 4 is 68.9 Å². The summed E-state index contributed by atoms with van der Waals surface area (Å²) in [5.41, 5.74) is 1.20. The minimum absolute atomic E-state index is 0.250. The van der Waals surface area contributed by atoms with Crippen molar-refractivity contribution in [2.24, 2.45) is 0 Å². The average Bonchev–Trinajstić information content (AvgIpc) is 3.41. The smallest absolute Gasteiger partial charge is 0.312 e. The zero-order chi connectivity index (χ0) is 22.0. The molecule has 4 rings (SSSR count). The van der Waals surface area contributed by atoms with Crippen molar-refractivity contribution in [2.75, 3.05) is 17.2 Å². The number of aromatic nitrogens is 2. The molecule has 1 aliphatic heterocycles. The van der Waals surface area contributed by atoms with E-state index in [4.69, 9.17) is 34.8 Å². The van der Waals surface area contributed by atoms with Crippen molar-refractivity contribution in [3.05, 3.63) is 57.5 Å². The van der Waals surface area contributed by atoms with Crippen molar-refractivity contribution < 1.29 is 9.59 Å². The van der Waals surface area contributed by atoms with E-state index in [0.717, 1.165) is 5.56 Å². The number of benzene rings is 2. The fraction of sp³-hybridized carbons (Fsp3) is 0.200. The number of urea groups is 1. The molecule has 2 heterocycles. The number of nitrogens with zero attached hydrogens (tertiary/aromatic N) is 3. The normalized spacial score (nSPS) is 15.7. The molecule has 2 N–H and O–H groups in total. The van der Waals surface area contributed by atoms with E-state index in [0.29, 0.717) is 45.3 Å². The number of halogens is 3. The second-order valence-corrected chi connectivity index (χ2v) is 8.99. The Morgan fingerprint density at radius 1 is 1.06 bits per heavy atom. The molecule has 0 radical (unpaired) electrons. The van der Waals surface area contributed by atoms with E-state index in [-0.39, 0.29) is 10.9 Å². The molecule has 1 unspecified atom stereocenters. The standard InChI is InChI=1S/C20H16Cl3N5O2S/c21-12-5-1-4-11(10-12)18-26-27-19(31-18)25-17(29)15-8-3-9-28(15)20(30)24-14-7-2-6-13(22)16(14)23/h1-2,4-7,10,15H,3,8-9H2,(H,24,30)(H,25,27,29). The molecule has 1 aliphatic rings. The summed E-state index contributed by atoms with van der Waals surface area (Å²) in [5, 5.41) is 15.8. The van der Waals surface area contributed by atoms with E-state index >= 15 is 0 Å². The van der Waals surface area contributed by atoms with Gasteiger partial charge in [0.1, 0.15) is 11.0 Å². The quantitative estimate of drug-likeness (QED) is 0.478. The fourth-order valence-corrected chi connectivity index (χ4v) is 4.55. The van der Waals surface area contributed by atoms with E-state index in [1.165, 1.54) is 16.2 Å². The molecule has 11 heteroatoms. The first-order valence-electron chi connectivity index (χ1n) is 9.34. The lowest BCUT2D eigenvalue weighted by atomic mass is 10.2. The summed E-state index contributed by atoms with van der Waals surface area (Å²) in [6, 6.07) is 11.1. The van der Waals surface area contributed by atoms with Crippen LogP contribution < -0.4 is 10.6 Å². The number of carbonyl (C=O) groups is 2. The maximum absolute atomic E-state index is 12.8. The molecule has 3 amide bonds. The second kappa shape index (κ2) is 9.40. The van der Waals surface area contributed by atoms with Gasteiger partial charge in [-0.3, -0.25) is 10.1 Å². The molecule has 1 atom stereocenters. The first kappa shape index (κ1) is 21.8. The highest BCUT2D eigenvalue weighted by molar-refractivity contribution is 7.18. The lowest BCUT2D eigenvalue weighted by molar-refractivity contribution is -0.119. The lowest BCUT2D eigenvalue weighted by Gasteiger charge is -2.24. The van der Waals surface area contributed by atoms with Gasteiger partial charge >= 0.3 is 6.03 Å². The average molecular weight is 497 g/mol. The second-order valence-electron chi connectivity index (χ2n) is 6.79. The third kappa shape index (κ3) is 4.93. The van der Waals surface area contributed by atoms with Gasteiger partial charge in [0.2, 0.25) is 11.0 Å². The summed E-state index contributed by atoms with van der Waals surface area (Å²) in [4.78, 5) is 27.1. The van der Waals surface area contributed by atoms with Crippen molar-refractivity contribution in [1.29, 1.82) is 0 Å². The molecule has 7 nitrogen and oxygen atoms in total. The number of hydrogen-bond acceptors (Lipinski definition) is 5. The first-order valence-corrected chi connectivity index (χ1v) is 11.3. The maximum atomic E-state index is 12.8. The van der Waals surface area contributed by atoms with E-state index in [1.54, 1.807) is 30.3 Å². The van der Waals surface area contributed by atoms with Gasteiger partial charge in [-0.15, -0.1) is 10.2 Å². The van der Waals surface area contributed by atoms with Crippen LogP contribution in [0.25, 0.3) is 10.6 Å². The highest BCUT2D eigenvalue weighted by atomic mass is 35.5. The van der Waals surface area contributed by atoms with Crippen LogP contribution in [0.5, 0.6) is 0 Å². The van der Waals surface area contributed by atoms with Crippen LogP contribution in [-0.4, -0.2) is 39.6 Å². The number of anilines is 2. The van der Waals surface area contributed by atoms with Gasteiger partial charge in [0.05, 0.1) is 15.7 Å². The van der Waals surface area contributed by atoms with Crippen LogP contribution in [0.2, 0.25) is 15.1 Å². The van der Waals surface area contributed by atoms with Gasteiger partial charge in [0.15, 0.2) is 0 Å². The predicted molar refractivity (Wildman–Crippen MR) is 124 cm³/mol. The van der Waals surface area contributed by atoms with Crippen molar-refractivity contribution in [3.63, 3.8) is 0 Å². The number of amides is 3. The minimum Gasteiger partial charge on any atom is -0.312 e. The van der Waals surface area contributed by atoms with Gasteiger partial charge in [0.25, 0.3) is 0 Å². The maximum Gasteiger partial charge on any atom is 0.322 e. The van der Waals surface area contributed by atoms with Gasteiger partial charge in [-0.25, -0.2) is 4.79 Å². The molecule has 3 aromatic rings. The Bertz CT molecular complexity index is 1140. The van der Waals surface area contributed by atoms with Crippen molar-refractivity contribution in [1.82, 2.24) is 15.1 Å². The number of nitrogens with one attached hydrogen (secondary N) is 2. The topological polar surface area (TPSA) is 87.2 Å². The SMILES string of the molecule is O=C(Nc1nnc(-c2cccc(Cl)c2)s1)C1CCCN1C(=O)Nc1cccc(Cl)c1Cl. The van der Waals surface area contributed by atoms with E-state index < -0.39 is 12.1 Å². The Hall–Kier alpha value is -2.39. The van der Waals surface area contributed by atoms with Crippen LogP contribution in [0.1, 0.15) is 12.8 Å². The van der Waals surface area contributed by atoms with Gasteiger partial charge in [-0.05, 0) is 37.1 Å². The van der Waals surface area contributed by atoms with Gasteiger partial charge in [-0.2, -0.15) is 0 Å². The zero-order valence-corrected chi connectivity index (χ0v) is 19.0. The van der Waals surface area contributed by atoms with Gasteiger partial charge < -0.3 is 10.2 Å². The summed E-state index contributed by atoms with van der Waals surface area (Å²) in [6.07, 6.45) is 1.25. The number of rotatable bonds is 4. The van der Waals surface area contributed by atoms with Crippen molar-refractivity contribution in [2.45, 2.75) is 18.9 Å². The monoisotopic (exact) mass is 495 g/mol. The fourth-order valence-electron chi connectivity index (χ4n) is 3.27. The molecule has 1 saturated heterocycles. The van der Waals surface area contributed by atoms with Crippen LogP contribution in [0.15, 0.2) is 42.5 Å². The van der Waals surface area contributed by atoms with Crippen LogP contribution in [-0.2, 0) is 4.79 Å². The first-order chi connectivity index (χ1) is 14.9. The van der Waals surface area contributed by atoms with Crippen LogP contribution in [0.3, 0.4) is 0 Å². The molecular weight excluding hydrogens is 481 g/mol. The summed E-state index contributed by atoms with van der Waals surface area (Å²) >= 11 is 19.4. The van der Waals surface area contributed by atoms with Crippen LogP contribution in [0, 0.1) is 0 Å². The highest BCUT2D eigenvalue weighted by Crippen LogP contribution is 2.31. The molecule has 31 heavy (non-hydrogen) atoms. The molecule has 1 fully saturated rings. The number of hydrogen-bond donors (Lipinski definition) is 2. The summed E-state index contributed by atoms with van der Waals surface area (Å²) in [6.45, 7) is 0.450. The van der Waals surface area contributed by atoms with E-state index in [9.17, 15) is 9.59 Å². The van der Waals surface area contributed by atoms with E-state index in [1.807, 2.05) is 12.1 Å². The largest absolute Gasteiger partial charge is 0.322 e. The number of likely N-dealkylation sites (tertiary alicyclic amines) is 1. The van der Waals surface area contributed by atoms with Crippen LogP contribution in [0.4, 0.5) is 15.6 Å². The molecule has 1 aromatic heterocycles. The summed E-state index contributed by atoms with van der Waals surface area (Å²) in [5.74, 6) is -0.321. The minimum atomic E-state index is -0.628.